The number of hydrogen-bond donors (Lipinski definition) is 3. The molecular formula is C23H36N4O4. The molecule has 2 heterocycles. The molecule has 31 heavy (non-hydrogen) atoms. The Morgan fingerprint density at radius 2 is 1.90 bits per heavy atom. The molecule has 0 radical (unpaired) electrons. The number of carbonyl (C=O) groups excluding carboxylic acids is 1. The second-order valence-electron chi connectivity index (χ2n) is 8.33. The Balaban J connectivity index is 1.47. The van der Waals surface area contributed by atoms with Crippen LogP contribution in [0.2, 0.25) is 0 Å². The molecule has 172 valence electrons. The molecule has 2 unspecified atom stereocenters. The van der Waals surface area contributed by atoms with E-state index in [0.717, 1.165) is 38.5 Å². The number of nitrogens with two attached hydrogens (primary N) is 1. The first-order chi connectivity index (χ1) is 15.0. The molecule has 8 nitrogen and oxygen atoms in total. The highest BCUT2D eigenvalue weighted by Gasteiger charge is 2.46. The zero-order valence-electron chi connectivity index (χ0n) is 18.7. The first-order valence-electron chi connectivity index (χ1n) is 11.5. The van der Waals surface area contributed by atoms with Gasteiger partial charge < -0.3 is 20.3 Å². The summed E-state index contributed by atoms with van der Waals surface area (Å²) in [6.07, 6.45) is 4.73. The predicted octanol–water partition coefficient (Wildman–Crippen LogP) is 2.40. The van der Waals surface area contributed by atoms with E-state index in [-0.39, 0.29) is 12.5 Å². The molecule has 2 aliphatic heterocycles. The first kappa shape index (κ1) is 23.3. The summed E-state index contributed by atoms with van der Waals surface area (Å²) in [6.45, 7) is 5.49. The minimum Gasteiger partial charge on any atom is -0.486 e. The summed E-state index contributed by atoms with van der Waals surface area (Å²) in [5, 5.41) is 13.5. The van der Waals surface area contributed by atoms with Crippen molar-refractivity contribution >= 4 is 11.9 Å². The van der Waals surface area contributed by atoms with Crippen LogP contribution in [0.15, 0.2) is 29.3 Å². The Morgan fingerprint density at radius 1 is 1.23 bits per heavy atom. The fraction of sp³-hybridized carbons (Fsp3) is 0.652. The smallest absolute Gasteiger partial charge is 0.257 e. The Labute approximate surface area is 184 Å². The van der Waals surface area contributed by atoms with Gasteiger partial charge in [0, 0.05) is 6.54 Å². The van der Waals surface area contributed by atoms with E-state index < -0.39 is 17.9 Å². The third-order valence-corrected chi connectivity index (χ3v) is 5.93. The van der Waals surface area contributed by atoms with E-state index in [1.807, 2.05) is 24.3 Å². The maximum atomic E-state index is 13.2. The zero-order chi connectivity index (χ0) is 22.3. The van der Waals surface area contributed by atoms with Crippen LogP contribution in [0, 0.1) is 0 Å². The van der Waals surface area contributed by atoms with Gasteiger partial charge in [0.2, 0.25) is 0 Å². The van der Waals surface area contributed by atoms with Gasteiger partial charge in [0.05, 0.1) is 0 Å². The largest absolute Gasteiger partial charge is 0.486 e. The van der Waals surface area contributed by atoms with E-state index in [0.29, 0.717) is 37.0 Å². The summed E-state index contributed by atoms with van der Waals surface area (Å²) in [4.78, 5) is 19.4. The van der Waals surface area contributed by atoms with Crippen molar-refractivity contribution in [2.24, 2.45) is 10.7 Å². The van der Waals surface area contributed by atoms with Gasteiger partial charge in [-0.3, -0.25) is 15.0 Å². The molecule has 8 heteroatoms. The van der Waals surface area contributed by atoms with Crippen LogP contribution in [0.1, 0.15) is 58.8 Å². The van der Waals surface area contributed by atoms with Crippen molar-refractivity contribution in [3.8, 4) is 11.5 Å². The number of nitrogens with one attached hydrogen (secondary N) is 1. The number of benzene rings is 1. The molecule has 4 N–H and O–H groups in total. The van der Waals surface area contributed by atoms with E-state index in [4.69, 9.17) is 15.2 Å². The summed E-state index contributed by atoms with van der Waals surface area (Å²) in [6, 6.07) is 7.40. The number of fused-ring (bicyclic) bond motifs is 1. The molecule has 0 aliphatic carbocycles. The molecule has 1 aromatic carbocycles. The predicted molar refractivity (Wildman–Crippen MR) is 120 cm³/mol. The third-order valence-electron chi connectivity index (χ3n) is 5.93. The molecule has 1 aromatic rings. The highest BCUT2D eigenvalue weighted by Crippen LogP contribution is 2.33. The van der Waals surface area contributed by atoms with Crippen LogP contribution >= 0.6 is 0 Å². The molecule has 0 saturated heterocycles. The molecule has 0 saturated carbocycles. The third kappa shape index (κ3) is 5.49. The Hall–Kier alpha value is -2.32. The number of rotatable bonds is 12. The molecule has 0 aromatic heterocycles. The quantitative estimate of drug-likeness (QED) is 0.346. The first-order valence-corrected chi connectivity index (χ1v) is 11.5. The van der Waals surface area contributed by atoms with E-state index >= 15 is 0 Å². The minimum absolute atomic E-state index is 0.0214. The SMILES string of the molecule is CCCCC1(CCCC)N=C(N)N(CCCNC(O)C2COc3ccccc3O2)C1=O. The van der Waals surface area contributed by atoms with Crippen molar-refractivity contribution in [2.45, 2.75) is 76.7 Å². The Bertz CT molecular complexity index is 762. The van der Waals surface area contributed by atoms with Gasteiger partial charge in [-0.2, -0.15) is 0 Å². The lowest BCUT2D eigenvalue weighted by molar-refractivity contribution is -0.131. The minimum atomic E-state index is -0.873. The lowest BCUT2D eigenvalue weighted by Crippen LogP contribution is -2.49. The standard InChI is InChI=1S/C23H36N4O4/c1-3-5-12-23(13-6-4-2)21(29)27(22(24)26-23)15-9-14-25-20(28)19-16-30-17-10-7-8-11-18(17)31-19/h7-8,10-11,19-20,25,28H,3-6,9,12-16H2,1-2H3,(H2,24,26). The number of hydrogen-bond acceptors (Lipinski definition) is 7. The molecule has 2 aliphatic rings. The second-order valence-corrected chi connectivity index (χ2v) is 8.33. The van der Waals surface area contributed by atoms with Crippen molar-refractivity contribution in [2.75, 3.05) is 19.7 Å². The number of aliphatic imine (C=N–C) groups is 1. The number of para-hydroxylation sites is 2. The summed E-state index contributed by atoms with van der Waals surface area (Å²) in [5.74, 6) is 1.65. The van der Waals surface area contributed by atoms with E-state index in [9.17, 15) is 9.90 Å². The lowest BCUT2D eigenvalue weighted by atomic mass is 9.87. The second kappa shape index (κ2) is 10.8. The maximum absolute atomic E-state index is 13.2. The fourth-order valence-electron chi connectivity index (χ4n) is 4.10. The van der Waals surface area contributed by atoms with Gasteiger partial charge in [-0.1, -0.05) is 51.7 Å². The number of aliphatic hydroxyl groups is 1. The Kier molecular flexibility index (Phi) is 8.15. The van der Waals surface area contributed by atoms with Crippen LogP contribution in [0.3, 0.4) is 0 Å². The van der Waals surface area contributed by atoms with Crippen molar-refractivity contribution < 1.29 is 19.4 Å². The highest BCUT2D eigenvalue weighted by molar-refractivity contribution is 6.06. The summed E-state index contributed by atoms with van der Waals surface area (Å²) >= 11 is 0. The van der Waals surface area contributed by atoms with Gasteiger partial charge in [-0.15, -0.1) is 0 Å². The van der Waals surface area contributed by atoms with Crippen LogP contribution < -0.4 is 20.5 Å². The van der Waals surface area contributed by atoms with Gasteiger partial charge in [-0.05, 0) is 37.9 Å². The number of amides is 1. The van der Waals surface area contributed by atoms with Gasteiger partial charge in [-0.25, -0.2) is 4.99 Å². The zero-order valence-corrected chi connectivity index (χ0v) is 18.7. The molecule has 0 bridgehead atoms. The average molecular weight is 433 g/mol. The van der Waals surface area contributed by atoms with Crippen LogP contribution in [0.25, 0.3) is 0 Å². The summed E-state index contributed by atoms with van der Waals surface area (Å²) < 4.78 is 11.5. The van der Waals surface area contributed by atoms with Gasteiger partial charge >= 0.3 is 0 Å². The van der Waals surface area contributed by atoms with Crippen molar-refractivity contribution in [3.63, 3.8) is 0 Å². The number of ether oxygens (including phenoxy) is 2. The molecule has 0 spiro atoms. The van der Waals surface area contributed by atoms with Gasteiger partial charge in [0.15, 0.2) is 23.6 Å². The van der Waals surface area contributed by atoms with E-state index in [1.54, 1.807) is 4.90 Å². The maximum Gasteiger partial charge on any atom is 0.257 e. The van der Waals surface area contributed by atoms with Crippen LogP contribution in [-0.4, -0.2) is 59.4 Å². The Morgan fingerprint density at radius 3 is 2.58 bits per heavy atom. The monoisotopic (exact) mass is 432 g/mol. The molecule has 1 amide bonds. The fourth-order valence-corrected chi connectivity index (χ4v) is 4.10. The van der Waals surface area contributed by atoms with Gasteiger partial charge in [0.1, 0.15) is 18.4 Å². The van der Waals surface area contributed by atoms with Crippen molar-refractivity contribution in [3.05, 3.63) is 24.3 Å². The number of nitrogens with zero attached hydrogens (tertiary/aromatic N) is 2. The normalized spacial score (nSPS) is 20.6. The molecule has 3 rings (SSSR count). The average Bonchev–Trinajstić information content (AvgIpc) is 3.02. The van der Waals surface area contributed by atoms with Crippen LogP contribution in [-0.2, 0) is 4.79 Å². The highest BCUT2D eigenvalue weighted by atomic mass is 16.6. The van der Waals surface area contributed by atoms with Gasteiger partial charge in [0.25, 0.3) is 5.91 Å². The summed E-state index contributed by atoms with van der Waals surface area (Å²) in [7, 11) is 0. The van der Waals surface area contributed by atoms with Crippen LogP contribution in [0.4, 0.5) is 0 Å². The topological polar surface area (TPSA) is 109 Å². The number of unbranched alkanes of at least 4 members (excludes halogenated alkanes) is 2. The number of carbonyl (C=O) groups is 1. The van der Waals surface area contributed by atoms with Crippen molar-refractivity contribution in [1.82, 2.24) is 10.2 Å². The molecular weight excluding hydrogens is 396 g/mol. The van der Waals surface area contributed by atoms with E-state index in [2.05, 4.69) is 24.2 Å². The lowest BCUT2D eigenvalue weighted by Gasteiger charge is -2.30. The van der Waals surface area contributed by atoms with Crippen molar-refractivity contribution in [1.29, 1.82) is 0 Å². The summed E-state index contributed by atoms with van der Waals surface area (Å²) in [5.41, 5.74) is 5.45. The molecule has 2 atom stereocenters. The van der Waals surface area contributed by atoms with E-state index in [1.165, 1.54) is 0 Å². The number of guanidine groups is 1. The van der Waals surface area contributed by atoms with Crippen LogP contribution in [0.5, 0.6) is 11.5 Å². The number of aliphatic hydroxyl groups excluding tert-OH is 1. The molecule has 0 fully saturated rings.